The van der Waals surface area contributed by atoms with Crippen molar-refractivity contribution in [1.82, 2.24) is 4.90 Å². The van der Waals surface area contributed by atoms with Crippen molar-refractivity contribution in [2.75, 3.05) is 26.7 Å². The van der Waals surface area contributed by atoms with Gasteiger partial charge in [0.2, 0.25) is 5.91 Å². The standard InChI is InChI=1S/C14H20N2O2/c1-16(8-4-7-15)14(17)12-9-11-5-2-3-6-13(11)18-10-12/h2-3,5-6,12H,4,7-10,15H2,1H3. The van der Waals surface area contributed by atoms with E-state index in [1.54, 1.807) is 4.90 Å². The van der Waals surface area contributed by atoms with E-state index in [4.69, 9.17) is 10.5 Å². The molecule has 0 aliphatic carbocycles. The Kier molecular flexibility index (Phi) is 4.20. The van der Waals surface area contributed by atoms with E-state index < -0.39 is 0 Å². The second kappa shape index (κ2) is 5.87. The third-order valence-corrected chi connectivity index (χ3v) is 3.30. The number of fused-ring (bicyclic) bond motifs is 1. The lowest BCUT2D eigenvalue weighted by Crippen LogP contribution is -2.39. The molecule has 0 radical (unpaired) electrons. The molecule has 4 heteroatoms. The molecule has 2 rings (SSSR count). The second-order valence-corrected chi connectivity index (χ2v) is 4.72. The summed E-state index contributed by atoms with van der Waals surface area (Å²) in [5.74, 6) is 0.992. The van der Waals surface area contributed by atoms with Crippen LogP contribution < -0.4 is 10.5 Å². The number of ether oxygens (including phenoxy) is 1. The number of hydrogen-bond donors (Lipinski definition) is 1. The van der Waals surface area contributed by atoms with Crippen LogP contribution in [0.2, 0.25) is 0 Å². The van der Waals surface area contributed by atoms with E-state index in [1.807, 2.05) is 31.3 Å². The fraction of sp³-hybridized carbons (Fsp3) is 0.500. The molecule has 0 saturated heterocycles. The number of nitrogens with zero attached hydrogens (tertiary/aromatic N) is 1. The Morgan fingerprint density at radius 3 is 3.06 bits per heavy atom. The highest BCUT2D eigenvalue weighted by Gasteiger charge is 2.27. The Balaban J connectivity index is 1.98. The minimum Gasteiger partial charge on any atom is -0.492 e. The van der Waals surface area contributed by atoms with Crippen LogP contribution in [0.15, 0.2) is 24.3 Å². The third-order valence-electron chi connectivity index (χ3n) is 3.30. The maximum atomic E-state index is 12.2. The van der Waals surface area contributed by atoms with Crippen molar-refractivity contribution >= 4 is 5.91 Å². The van der Waals surface area contributed by atoms with E-state index in [-0.39, 0.29) is 11.8 Å². The minimum absolute atomic E-state index is 0.0670. The number of rotatable bonds is 4. The van der Waals surface area contributed by atoms with Gasteiger partial charge in [0.1, 0.15) is 12.4 Å². The molecule has 1 amide bonds. The molecule has 1 aromatic carbocycles. The summed E-state index contributed by atoms with van der Waals surface area (Å²) in [4.78, 5) is 14.0. The molecule has 0 aromatic heterocycles. The number of amides is 1. The first kappa shape index (κ1) is 12.9. The van der Waals surface area contributed by atoms with Crippen molar-refractivity contribution < 1.29 is 9.53 Å². The van der Waals surface area contributed by atoms with Gasteiger partial charge in [0, 0.05) is 13.6 Å². The van der Waals surface area contributed by atoms with Gasteiger partial charge in [-0.3, -0.25) is 4.79 Å². The summed E-state index contributed by atoms with van der Waals surface area (Å²) >= 11 is 0. The first-order chi connectivity index (χ1) is 8.72. The molecular weight excluding hydrogens is 228 g/mol. The summed E-state index contributed by atoms with van der Waals surface area (Å²) in [5.41, 5.74) is 6.58. The SMILES string of the molecule is CN(CCCN)C(=O)C1COc2ccccc2C1. The molecule has 1 atom stereocenters. The predicted octanol–water partition coefficient (Wildman–Crippen LogP) is 1.04. The zero-order valence-electron chi connectivity index (χ0n) is 10.8. The van der Waals surface area contributed by atoms with Gasteiger partial charge in [-0.25, -0.2) is 0 Å². The van der Waals surface area contributed by atoms with Crippen molar-refractivity contribution in [2.45, 2.75) is 12.8 Å². The number of hydrogen-bond acceptors (Lipinski definition) is 3. The summed E-state index contributed by atoms with van der Waals surface area (Å²) in [7, 11) is 1.83. The van der Waals surface area contributed by atoms with Crippen LogP contribution in [0.5, 0.6) is 5.75 Å². The molecule has 98 valence electrons. The van der Waals surface area contributed by atoms with E-state index in [0.29, 0.717) is 19.7 Å². The highest BCUT2D eigenvalue weighted by Crippen LogP contribution is 2.27. The van der Waals surface area contributed by atoms with Crippen molar-refractivity contribution in [1.29, 1.82) is 0 Å². The molecule has 0 fully saturated rings. The Labute approximate surface area is 108 Å². The summed E-state index contributed by atoms with van der Waals surface area (Å²) in [6.07, 6.45) is 1.61. The number of carbonyl (C=O) groups is 1. The lowest BCUT2D eigenvalue weighted by atomic mass is 9.95. The number of benzene rings is 1. The van der Waals surface area contributed by atoms with Gasteiger partial charge >= 0.3 is 0 Å². The Bertz CT molecular complexity index is 420. The molecule has 0 spiro atoms. The fourth-order valence-corrected chi connectivity index (χ4v) is 2.24. The van der Waals surface area contributed by atoms with Crippen LogP contribution in [0.3, 0.4) is 0 Å². The van der Waals surface area contributed by atoms with Crippen molar-refractivity contribution in [2.24, 2.45) is 11.7 Å². The minimum atomic E-state index is -0.0670. The van der Waals surface area contributed by atoms with Crippen LogP contribution in [-0.4, -0.2) is 37.6 Å². The van der Waals surface area contributed by atoms with E-state index in [2.05, 4.69) is 0 Å². The van der Waals surface area contributed by atoms with Crippen LogP contribution in [0.25, 0.3) is 0 Å². The smallest absolute Gasteiger partial charge is 0.229 e. The summed E-state index contributed by atoms with van der Waals surface area (Å²) < 4.78 is 5.64. The molecule has 1 unspecified atom stereocenters. The van der Waals surface area contributed by atoms with Gasteiger partial charge in [-0.15, -0.1) is 0 Å². The van der Waals surface area contributed by atoms with Crippen LogP contribution in [0.1, 0.15) is 12.0 Å². The topological polar surface area (TPSA) is 55.6 Å². The molecule has 1 aromatic rings. The molecule has 4 nitrogen and oxygen atoms in total. The molecule has 0 bridgehead atoms. The molecule has 1 aliphatic rings. The van der Waals surface area contributed by atoms with Gasteiger partial charge in [-0.1, -0.05) is 18.2 Å². The van der Waals surface area contributed by atoms with Crippen molar-refractivity contribution in [3.05, 3.63) is 29.8 Å². The molecular formula is C14H20N2O2. The van der Waals surface area contributed by atoms with E-state index in [9.17, 15) is 4.79 Å². The van der Waals surface area contributed by atoms with Gasteiger partial charge in [0.15, 0.2) is 0 Å². The van der Waals surface area contributed by atoms with Crippen LogP contribution in [-0.2, 0) is 11.2 Å². The normalized spacial score (nSPS) is 17.8. The molecule has 18 heavy (non-hydrogen) atoms. The van der Waals surface area contributed by atoms with E-state index in [1.165, 1.54) is 0 Å². The summed E-state index contributed by atoms with van der Waals surface area (Å²) in [5, 5.41) is 0. The Morgan fingerprint density at radius 1 is 1.50 bits per heavy atom. The number of para-hydroxylation sites is 1. The Morgan fingerprint density at radius 2 is 2.28 bits per heavy atom. The highest BCUT2D eigenvalue weighted by atomic mass is 16.5. The molecule has 1 aliphatic heterocycles. The third kappa shape index (κ3) is 2.82. The monoisotopic (exact) mass is 248 g/mol. The predicted molar refractivity (Wildman–Crippen MR) is 70.4 cm³/mol. The average Bonchev–Trinajstić information content (AvgIpc) is 2.43. The number of nitrogens with two attached hydrogens (primary N) is 1. The fourth-order valence-electron chi connectivity index (χ4n) is 2.24. The van der Waals surface area contributed by atoms with Crippen LogP contribution in [0, 0.1) is 5.92 Å². The van der Waals surface area contributed by atoms with Crippen LogP contribution >= 0.6 is 0 Å². The second-order valence-electron chi connectivity index (χ2n) is 4.72. The van der Waals surface area contributed by atoms with E-state index >= 15 is 0 Å². The van der Waals surface area contributed by atoms with Crippen molar-refractivity contribution in [3.8, 4) is 5.75 Å². The van der Waals surface area contributed by atoms with E-state index in [0.717, 1.165) is 24.2 Å². The van der Waals surface area contributed by atoms with Crippen molar-refractivity contribution in [3.63, 3.8) is 0 Å². The Hall–Kier alpha value is -1.55. The summed E-state index contributed by atoms with van der Waals surface area (Å²) in [6.45, 7) is 1.80. The lowest BCUT2D eigenvalue weighted by Gasteiger charge is -2.28. The molecule has 1 heterocycles. The largest absolute Gasteiger partial charge is 0.492 e. The maximum Gasteiger partial charge on any atom is 0.229 e. The first-order valence-electron chi connectivity index (χ1n) is 6.38. The van der Waals surface area contributed by atoms with Gasteiger partial charge in [0.05, 0.1) is 5.92 Å². The van der Waals surface area contributed by atoms with Gasteiger partial charge < -0.3 is 15.4 Å². The number of carbonyl (C=O) groups excluding carboxylic acids is 1. The highest BCUT2D eigenvalue weighted by molar-refractivity contribution is 5.79. The van der Waals surface area contributed by atoms with Gasteiger partial charge in [-0.2, -0.15) is 0 Å². The molecule has 2 N–H and O–H groups in total. The maximum absolute atomic E-state index is 12.2. The first-order valence-corrected chi connectivity index (χ1v) is 6.38. The van der Waals surface area contributed by atoms with Gasteiger partial charge in [0.25, 0.3) is 0 Å². The van der Waals surface area contributed by atoms with Crippen LogP contribution in [0.4, 0.5) is 0 Å². The average molecular weight is 248 g/mol. The summed E-state index contributed by atoms with van der Waals surface area (Å²) in [6, 6.07) is 7.91. The molecule has 0 saturated carbocycles. The zero-order chi connectivity index (χ0) is 13.0. The quantitative estimate of drug-likeness (QED) is 0.866. The van der Waals surface area contributed by atoms with Gasteiger partial charge in [-0.05, 0) is 31.0 Å². The lowest BCUT2D eigenvalue weighted by molar-refractivity contribution is -0.135. The zero-order valence-corrected chi connectivity index (χ0v) is 10.8.